The molecule has 1 unspecified atom stereocenters. The van der Waals surface area contributed by atoms with E-state index in [2.05, 4.69) is 15.5 Å². The molecule has 0 aromatic carbocycles. The number of tetrazole rings is 1. The summed E-state index contributed by atoms with van der Waals surface area (Å²) in [7, 11) is 0. The molecule has 2 rings (SSSR count). The van der Waals surface area contributed by atoms with E-state index >= 15 is 0 Å². The number of aromatic nitrogens is 4. The van der Waals surface area contributed by atoms with Crippen molar-refractivity contribution >= 4 is 5.97 Å². The van der Waals surface area contributed by atoms with E-state index in [4.69, 9.17) is 9.84 Å². The minimum absolute atomic E-state index is 0.0563. The number of carbonyl (C=O) groups is 1. The van der Waals surface area contributed by atoms with Gasteiger partial charge in [0.2, 0.25) is 0 Å². The van der Waals surface area contributed by atoms with Crippen LogP contribution >= 0.6 is 0 Å². The van der Waals surface area contributed by atoms with E-state index in [0.717, 1.165) is 31.7 Å². The number of nitrogens with zero attached hydrogens (tertiary/aromatic N) is 4. The predicted molar refractivity (Wildman–Crippen MR) is 71.2 cm³/mol. The Morgan fingerprint density at radius 2 is 2.25 bits per heavy atom. The summed E-state index contributed by atoms with van der Waals surface area (Å²) in [4.78, 5) is 10.9. The van der Waals surface area contributed by atoms with Gasteiger partial charge >= 0.3 is 5.97 Å². The lowest BCUT2D eigenvalue weighted by atomic mass is 9.80. The fourth-order valence-corrected chi connectivity index (χ4v) is 2.71. The summed E-state index contributed by atoms with van der Waals surface area (Å²) in [5, 5.41) is 20.7. The number of hydrogen-bond acceptors (Lipinski definition) is 5. The molecule has 0 saturated heterocycles. The zero-order chi connectivity index (χ0) is 14.5. The number of rotatable bonds is 8. The molecule has 0 amide bonds. The normalized spacial score (nSPS) is 23.3. The van der Waals surface area contributed by atoms with Crippen molar-refractivity contribution in [3.8, 4) is 0 Å². The topological polar surface area (TPSA) is 90.1 Å². The van der Waals surface area contributed by atoms with Crippen LogP contribution in [0.3, 0.4) is 0 Å². The summed E-state index contributed by atoms with van der Waals surface area (Å²) < 4.78 is 7.23. The summed E-state index contributed by atoms with van der Waals surface area (Å²) in [5.74, 6) is 0.509. The van der Waals surface area contributed by atoms with Crippen molar-refractivity contribution in [3.63, 3.8) is 0 Å². The minimum atomic E-state index is -0.821. The lowest BCUT2D eigenvalue weighted by Gasteiger charge is -2.34. The summed E-state index contributed by atoms with van der Waals surface area (Å²) in [6.07, 6.45) is 4.01. The van der Waals surface area contributed by atoms with Gasteiger partial charge in [-0.25, -0.2) is 4.68 Å². The third kappa shape index (κ3) is 3.53. The number of hydrogen-bond donors (Lipinski definition) is 1. The second-order valence-electron chi connectivity index (χ2n) is 5.32. The quantitative estimate of drug-likeness (QED) is 0.776. The fourth-order valence-electron chi connectivity index (χ4n) is 2.71. The van der Waals surface area contributed by atoms with Crippen molar-refractivity contribution < 1.29 is 14.6 Å². The highest BCUT2D eigenvalue weighted by molar-refractivity contribution is 5.67. The average Bonchev–Trinajstić information content (AvgIpc) is 2.81. The van der Waals surface area contributed by atoms with Crippen molar-refractivity contribution in [2.45, 2.75) is 58.1 Å². The first-order chi connectivity index (χ1) is 9.63. The first-order valence-electron chi connectivity index (χ1n) is 7.24. The summed E-state index contributed by atoms with van der Waals surface area (Å²) in [6, 6.07) is -0.166. The largest absolute Gasteiger partial charge is 0.481 e. The van der Waals surface area contributed by atoms with Gasteiger partial charge in [-0.05, 0) is 42.5 Å². The molecule has 7 nitrogen and oxygen atoms in total. The summed E-state index contributed by atoms with van der Waals surface area (Å²) in [5.41, 5.74) is 0. The smallest absolute Gasteiger partial charge is 0.305 e. The predicted octanol–water partition coefficient (Wildman–Crippen LogP) is 1.46. The zero-order valence-corrected chi connectivity index (χ0v) is 12.0. The van der Waals surface area contributed by atoms with E-state index < -0.39 is 5.97 Å². The Balaban J connectivity index is 1.93. The van der Waals surface area contributed by atoms with Crippen LogP contribution in [-0.2, 0) is 16.0 Å². The monoisotopic (exact) mass is 282 g/mol. The van der Waals surface area contributed by atoms with Crippen LogP contribution in [-0.4, -0.2) is 44.0 Å². The van der Waals surface area contributed by atoms with Crippen LogP contribution in [0.5, 0.6) is 0 Å². The maximum absolute atomic E-state index is 10.9. The molecule has 1 aliphatic rings. The van der Waals surface area contributed by atoms with Gasteiger partial charge < -0.3 is 9.84 Å². The lowest BCUT2D eigenvalue weighted by molar-refractivity contribution is -0.138. The molecule has 1 aromatic heterocycles. The molecule has 1 aliphatic carbocycles. The van der Waals surface area contributed by atoms with E-state index in [9.17, 15) is 4.79 Å². The number of ether oxygens (including phenoxy) is 1. The standard InChI is InChI=1S/C13H22N4O3/c1-3-10(8-13(18)19)17-12(14-15-16-17)7-9-5-11(6-9)20-4-2/h9-11H,3-8H2,1-2H3,(H,18,19). The van der Waals surface area contributed by atoms with E-state index in [-0.39, 0.29) is 12.5 Å². The van der Waals surface area contributed by atoms with Crippen molar-refractivity contribution in [2.24, 2.45) is 5.92 Å². The second kappa shape index (κ2) is 6.78. The van der Waals surface area contributed by atoms with E-state index in [1.165, 1.54) is 0 Å². The molecule has 0 spiro atoms. The molecule has 1 saturated carbocycles. The van der Waals surface area contributed by atoms with Gasteiger partial charge in [0.1, 0.15) is 0 Å². The SMILES string of the molecule is CCOC1CC(Cc2nnnn2C(CC)CC(=O)O)C1. The Bertz CT molecular complexity index is 443. The van der Waals surface area contributed by atoms with Crippen LogP contribution in [0, 0.1) is 5.92 Å². The molecule has 0 bridgehead atoms. The maximum atomic E-state index is 10.9. The first-order valence-corrected chi connectivity index (χ1v) is 7.24. The van der Waals surface area contributed by atoms with Crippen molar-refractivity contribution in [2.75, 3.05) is 6.61 Å². The van der Waals surface area contributed by atoms with Crippen molar-refractivity contribution in [1.82, 2.24) is 20.2 Å². The first kappa shape index (κ1) is 14.9. The van der Waals surface area contributed by atoms with Crippen molar-refractivity contribution in [3.05, 3.63) is 5.82 Å². The van der Waals surface area contributed by atoms with E-state index in [1.54, 1.807) is 4.68 Å². The Kier molecular flexibility index (Phi) is 5.05. The molecule has 0 radical (unpaired) electrons. The number of aliphatic carboxylic acids is 1. The Hall–Kier alpha value is -1.50. The zero-order valence-electron chi connectivity index (χ0n) is 12.0. The highest BCUT2D eigenvalue weighted by atomic mass is 16.5. The van der Waals surface area contributed by atoms with Crippen LogP contribution in [0.2, 0.25) is 0 Å². The van der Waals surface area contributed by atoms with Gasteiger partial charge in [-0.15, -0.1) is 5.10 Å². The van der Waals surface area contributed by atoms with Crippen LogP contribution < -0.4 is 0 Å². The van der Waals surface area contributed by atoms with Gasteiger partial charge in [-0.2, -0.15) is 0 Å². The molecular weight excluding hydrogens is 260 g/mol. The molecule has 20 heavy (non-hydrogen) atoms. The molecule has 0 aliphatic heterocycles. The van der Waals surface area contributed by atoms with Crippen LogP contribution in [0.15, 0.2) is 0 Å². The van der Waals surface area contributed by atoms with Crippen LogP contribution in [0.25, 0.3) is 0 Å². The minimum Gasteiger partial charge on any atom is -0.481 e. The fraction of sp³-hybridized carbons (Fsp3) is 0.846. The molecule has 1 aromatic rings. The molecule has 1 fully saturated rings. The molecule has 1 atom stereocenters. The lowest BCUT2D eigenvalue weighted by Crippen LogP contribution is -2.33. The van der Waals surface area contributed by atoms with Gasteiger partial charge in [0.05, 0.1) is 18.6 Å². The molecule has 112 valence electrons. The Labute approximate surface area is 118 Å². The van der Waals surface area contributed by atoms with E-state index in [0.29, 0.717) is 18.4 Å². The second-order valence-corrected chi connectivity index (χ2v) is 5.32. The van der Waals surface area contributed by atoms with Gasteiger partial charge in [0.25, 0.3) is 0 Å². The summed E-state index contributed by atoms with van der Waals surface area (Å²) in [6.45, 7) is 4.71. The third-order valence-electron chi connectivity index (χ3n) is 3.85. The highest BCUT2D eigenvalue weighted by Crippen LogP contribution is 2.32. The van der Waals surface area contributed by atoms with Crippen LogP contribution in [0.4, 0.5) is 0 Å². The molecular formula is C13H22N4O3. The number of carboxylic acids is 1. The highest BCUT2D eigenvalue weighted by Gasteiger charge is 2.31. The third-order valence-corrected chi connectivity index (χ3v) is 3.85. The van der Waals surface area contributed by atoms with Crippen molar-refractivity contribution in [1.29, 1.82) is 0 Å². The molecule has 7 heteroatoms. The maximum Gasteiger partial charge on any atom is 0.305 e. The van der Waals surface area contributed by atoms with Gasteiger partial charge in [0, 0.05) is 13.0 Å². The summed E-state index contributed by atoms with van der Waals surface area (Å²) >= 11 is 0. The Morgan fingerprint density at radius 3 is 2.85 bits per heavy atom. The Morgan fingerprint density at radius 1 is 1.50 bits per heavy atom. The van der Waals surface area contributed by atoms with E-state index in [1.807, 2.05) is 13.8 Å². The molecule has 1 N–H and O–H groups in total. The average molecular weight is 282 g/mol. The van der Waals surface area contributed by atoms with Gasteiger partial charge in [-0.1, -0.05) is 6.92 Å². The van der Waals surface area contributed by atoms with Crippen LogP contribution in [0.1, 0.15) is 51.4 Å². The van der Waals surface area contributed by atoms with Gasteiger partial charge in [-0.3, -0.25) is 4.79 Å². The molecule has 1 heterocycles. The number of carboxylic acid groups (broad SMARTS) is 1. The van der Waals surface area contributed by atoms with Gasteiger partial charge in [0.15, 0.2) is 5.82 Å².